The highest BCUT2D eigenvalue weighted by atomic mass is 35.5. The maximum atomic E-state index is 12.2. The molecule has 0 heterocycles. The molecular formula is C14H14ClNO3. The molecule has 0 amide bonds. The van der Waals surface area contributed by atoms with Crippen LogP contribution in [0, 0.1) is 15.5 Å². The first-order chi connectivity index (χ1) is 9.07. The molecule has 100 valence electrons. The van der Waals surface area contributed by atoms with E-state index < -0.39 is 11.5 Å². The number of ketones is 1. The summed E-state index contributed by atoms with van der Waals surface area (Å²) in [7, 11) is 0. The molecule has 0 radical (unpaired) electrons. The number of rotatable bonds is 2. The molecule has 0 bridgehead atoms. The van der Waals surface area contributed by atoms with Crippen LogP contribution in [-0.4, -0.2) is 16.7 Å². The van der Waals surface area contributed by atoms with Crippen LogP contribution >= 0.6 is 11.6 Å². The fourth-order valence-corrected chi connectivity index (χ4v) is 3.72. The molecule has 0 saturated heterocycles. The molecule has 2 saturated carbocycles. The van der Waals surface area contributed by atoms with Gasteiger partial charge in [-0.15, -0.1) is 0 Å². The Morgan fingerprint density at radius 2 is 1.95 bits per heavy atom. The van der Waals surface area contributed by atoms with Crippen molar-refractivity contribution in [3.05, 3.63) is 45.0 Å². The van der Waals surface area contributed by atoms with E-state index in [1.807, 2.05) is 0 Å². The van der Waals surface area contributed by atoms with Crippen molar-refractivity contribution in [2.75, 3.05) is 0 Å². The molecule has 2 fully saturated rings. The van der Waals surface area contributed by atoms with Gasteiger partial charge >= 0.3 is 0 Å². The highest BCUT2D eigenvalue weighted by Gasteiger charge is 2.77. The van der Waals surface area contributed by atoms with Gasteiger partial charge in [-0.25, -0.2) is 0 Å². The molecule has 0 N–H and O–H groups in total. The fourth-order valence-electron chi connectivity index (χ4n) is 3.60. The SMILES string of the molecule is O=C1CCCC[C@@]12[C@@H]([N+](=O)[O-])[C@@H]2c1ccc(Cl)cc1. The zero-order valence-corrected chi connectivity index (χ0v) is 11.1. The van der Waals surface area contributed by atoms with Crippen LogP contribution in [0.2, 0.25) is 5.02 Å². The number of Topliss-reactive ketones (excluding diaryl/α,β-unsaturated/α-hetero) is 1. The largest absolute Gasteiger partial charge is 0.299 e. The molecule has 0 aliphatic heterocycles. The topological polar surface area (TPSA) is 60.2 Å². The van der Waals surface area contributed by atoms with Crippen LogP contribution in [0.25, 0.3) is 0 Å². The van der Waals surface area contributed by atoms with E-state index in [4.69, 9.17) is 11.6 Å². The second kappa shape index (κ2) is 4.30. The molecule has 2 aliphatic carbocycles. The molecule has 3 atom stereocenters. The van der Waals surface area contributed by atoms with Gasteiger partial charge in [-0.05, 0) is 30.5 Å². The molecule has 5 heteroatoms. The van der Waals surface area contributed by atoms with Gasteiger partial charge in [0.25, 0.3) is 0 Å². The highest BCUT2D eigenvalue weighted by molar-refractivity contribution is 6.30. The van der Waals surface area contributed by atoms with E-state index in [1.54, 1.807) is 24.3 Å². The fraction of sp³-hybridized carbons (Fsp3) is 0.500. The average Bonchev–Trinajstić information content (AvgIpc) is 3.04. The summed E-state index contributed by atoms with van der Waals surface area (Å²) in [4.78, 5) is 23.2. The van der Waals surface area contributed by atoms with Crippen LogP contribution < -0.4 is 0 Å². The lowest BCUT2D eigenvalue weighted by atomic mass is 9.81. The maximum Gasteiger partial charge on any atom is 0.234 e. The lowest BCUT2D eigenvalue weighted by Gasteiger charge is -2.19. The number of nitro groups is 1. The first-order valence-corrected chi connectivity index (χ1v) is 6.87. The summed E-state index contributed by atoms with van der Waals surface area (Å²) >= 11 is 5.84. The molecule has 1 aromatic rings. The third-order valence-corrected chi connectivity index (χ3v) is 4.76. The number of carbonyl (C=O) groups excluding carboxylic acids is 1. The Balaban J connectivity index is 1.98. The summed E-state index contributed by atoms with van der Waals surface area (Å²) in [6.07, 6.45) is 2.89. The maximum absolute atomic E-state index is 12.2. The van der Waals surface area contributed by atoms with Crippen LogP contribution in [0.3, 0.4) is 0 Å². The predicted octanol–water partition coefficient (Wildman–Crippen LogP) is 3.21. The van der Waals surface area contributed by atoms with E-state index in [1.165, 1.54) is 0 Å². The predicted molar refractivity (Wildman–Crippen MR) is 70.9 cm³/mol. The highest BCUT2D eigenvalue weighted by Crippen LogP contribution is 2.65. The number of carbonyl (C=O) groups is 1. The molecule has 1 aromatic carbocycles. The molecule has 1 spiro atoms. The lowest BCUT2D eigenvalue weighted by Crippen LogP contribution is -2.27. The van der Waals surface area contributed by atoms with Crippen molar-refractivity contribution in [3.8, 4) is 0 Å². The molecule has 3 rings (SSSR count). The van der Waals surface area contributed by atoms with Crippen LogP contribution in [0.1, 0.15) is 37.2 Å². The van der Waals surface area contributed by atoms with Crippen molar-refractivity contribution in [3.63, 3.8) is 0 Å². The van der Waals surface area contributed by atoms with Gasteiger partial charge in [0, 0.05) is 16.4 Å². The first-order valence-electron chi connectivity index (χ1n) is 6.49. The summed E-state index contributed by atoms with van der Waals surface area (Å²) in [5.74, 6) is -0.201. The Labute approximate surface area is 115 Å². The van der Waals surface area contributed by atoms with E-state index in [-0.39, 0.29) is 16.6 Å². The molecule has 0 unspecified atom stereocenters. The summed E-state index contributed by atoms with van der Waals surface area (Å²) in [5, 5.41) is 11.9. The standard InChI is InChI=1S/C14H14ClNO3/c15-10-6-4-9(5-7-10)12-13(16(18)19)14(12)8-2-1-3-11(14)17/h4-7,12-13H,1-3,8H2/t12-,13-,14+/m0/s1. The van der Waals surface area contributed by atoms with Crippen molar-refractivity contribution in [2.24, 2.45) is 5.41 Å². The Bertz CT molecular complexity index is 542. The number of nitrogens with zero attached hydrogens (tertiary/aromatic N) is 1. The zero-order chi connectivity index (χ0) is 13.6. The van der Waals surface area contributed by atoms with Crippen molar-refractivity contribution in [2.45, 2.75) is 37.6 Å². The van der Waals surface area contributed by atoms with Crippen LogP contribution in [0.4, 0.5) is 0 Å². The van der Waals surface area contributed by atoms with Gasteiger partial charge < -0.3 is 0 Å². The Kier molecular flexibility index (Phi) is 2.86. The van der Waals surface area contributed by atoms with E-state index in [2.05, 4.69) is 0 Å². The third-order valence-electron chi connectivity index (χ3n) is 4.51. The third kappa shape index (κ3) is 1.77. The van der Waals surface area contributed by atoms with Crippen LogP contribution in [-0.2, 0) is 4.79 Å². The first kappa shape index (κ1) is 12.6. The van der Waals surface area contributed by atoms with Gasteiger partial charge in [-0.3, -0.25) is 14.9 Å². The molecule has 19 heavy (non-hydrogen) atoms. The normalized spacial score (nSPS) is 33.4. The Morgan fingerprint density at radius 3 is 2.53 bits per heavy atom. The lowest BCUT2D eigenvalue weighted by molar-refractivity contribution is -0.502. The minimum atomic E-state index is -0.749. The van der Waals surface area contributed by atoms with E-state index >= 15 is 0 Å². The summed E-state index contributed by atoms with van der Waals surface area (Å²) in [6, 6.07) is 6.32. The minimum Gasteiger partial charge on any atom is -0.299 e. The Hall–Kier alpha value is -1.42. The minimum absolute atomic E-state index is 0.0698. The number of benzene rings is 1. The quantitative estimate of drug-likeness (QED) is 0.617. The number of hydrogen-bond acceptors (Lipinski definition) is 3. The smallest absolute Gasteiger partial charge is 0.234 e. The van der Waals surface area contributed by atoms with Crippen molar-refractivity contribution >= 4 is 17.4 Å². The molecule has 2 aliphatic rings. The molecule has 4 nitrogen and oxygen atoms in total. The van der Waals surface area contributed by atoms with Crippen molar-refractivity contribution < 1.29 is 9.72 Å². The average molecular weight is 280 g/mol. The monoisotopic (exact) mass is 279 g/mol. The van der Waals surface area contributed by atoms with Crippen molar-refractivity contribution in [1.82, 2.24) is 0 Å². The van der Waals surface area contributed by atoms with Gasteiger partial charge in [-0.2, -0.15) is 0 Å². The van der Waals surface area contributed by atoms with Crippen molar-refractivity contribution in [1.29, 1.82) is 0 Å². The van der Waals surface area contributed by atoms with Gasteiger partial charge in [0.2, 0.25) is 6.04 Å². The van der Waals surface area contributed by atoms with Gasteiger partial charge in [0.05, 0.1) is 5.92 Å². The second-order valence-corrected chi connectivity index (χ2v) is 5.87. The van der Waals surface area contributed by atoms with E-state index in [9.17, 15) is 14.9 Å². The van der Waals surface area contributed by atoms with Gasteiger partial charge in [0.1, 0.15) is 11.2 Å². The summed E-state index contributed by atoms with van der Waals surface area (Å²) in [5.41, 5.74) is 0.122. The summed E-state index contributed by atoms with van der Waals surface area (Å²) in [6.45, 7) is 0. The van der Waals surface area contributed by atoms with Crippen LogP contribution in [0.15, 0.2) is 24.3 Å². The Morgan fingerprint density at radius 1 is 1.26 bits per heavy atom. The van der Waals surface area contributed by atoms with Gasteiger partial charge in [0.15, 0.2) is 0 Å². The van der Waals surface area contributed by atoms with E-state index in [0.29, 0.717) is 17.9 Å². The zero-order valence-electron chi connectivity index (χ0n) is 10.3. The molecular weight excluding hydrogens is 266 g/mol. The van der Waals surface area contributed by atoms with Crippen LogP contribution in [0.5, 0.6) is 0 Å². The second-order valence-electron chi connectivity index (χ2n) is 5.43. The summed E-state index contributed by atoms with van der Waals surface area (Å²) < 4.78 is 0. The van der Waals surface area contributed by atoms with E-state index in [0.717, 1.165) is 18.4 Å². The number of halogens is 1. The molecule has 0 aromatic heterocycles. The van der Waals surface area contributed by atoms with Gasteiger partial charge in [-0.1, -0.05) is 30.2 Å². The number of hydrogen-bond donors (Lipinski definition) is 0.